The number of benzene rings is 1. The van der Waals surface area contributed by atoms with Crippen molar-refractivity contribution in [3.05, 3.63) is 56.7 Å². The lowest BCUT2D eigenvalue weighted by Gasteiger charge is -2.11. The summed E-state index contributed by atoms with van der Waals surface area (Å²) >= 11 is 4.76. The van der Waals surface area contributed by atoms with Crippen LogP contribution in [0.25, 0.3) is 0 Å². The second kappa shape index (κ2) is 6.13. The van der Waals surface area contributed by atoms with Gasteiger partial charge < -0.3 is 10.4 Å². The highest BCUT2D eigenvalue weighted by molar-refractivity contribution is 9.11. The maximum atomic E-state index is 11.8. The molecular formula is C13H12BrNO2S. The van der Waals surface area contributed by atoms with E-state index in [2.05, 4.69) is 21.2 Å². The van der Waals surface area contributed by atoms with Crippen LogP contribution in [0.5, 0.6) is 0 Å². The molecule has 2 rings (SSSR count). The third-order valence-corrected chi connectivity index (χ3v) is 3.97. The summed E-state index contributed by atoms with van der Waals surface area (Å²) in [6, 6.07) is 11.0. The molecule has 18 heavy (non-hydrogen) atoms. The molecule has 2 N–H and O–H groups in total. The summed E-state index contributed by atoms with van der Waals surface area (Å²) in [5.41, 5.74) is 1.40. The van der Waals surface area contributed by atoms with Gasteiger partial charge in [0.05, 0.1) is 15.5 Å². The number of aliphatic hydroxyl groups is 1. The van der Waals surface area contributed by atoms with E-state index < -0.39 is 6.10 Å². The summed E-state index contributed by atoms with van der Waals surface area (Å²) in [7, 11) is 0. The summed E-state index contributed by atoms with van der Waals surface area (Å²) in [6.07, 6.45) is -0.683. The summed E-state index contributed by atoms with van der Waals surface area (Å²) in [5, 5.41) is 14.4. The van der Waals surface area contributed by atoms with Gasteiger partial charge in [-0.3, -0.25) is 4.79 Å². The second-order valence-corrected chi connectivity index (χ2v) is 6.07. The number of aliphatic hydroxyl groups excluding tert-OH is 1. The zero-order valence-corrected chi connectivity index (χ0v) is 11.9. The summed E-state index contributed by atoms with van der Waals surface area (Å²) in [5.74, 6) is -0.174. The first kappa shape index (κ1) is 13.3. The molecule has 0 saturated heterocycles. The molecule has 5 heteroatoms. The van der Waals surface area contributed by atoms with Gasteiger partial charge in [-0.15, -0.1) is 11.3 Å². The summed E-state index contributed by atoms with van der Waals surface area (Å²) < 4.78 is 0.913. The third kappa shape index (κ3) is 3.41. The number of rotatable bonds is 4. The molecule has 0 aliphatic carbocycles. The number of carbonyl (C=O) groups is 1. The first-order valence-electron chi connectivity index (χ1n) is 5.42. The Bertz CT molecular complexity index is 527. The van der Waals surface area contributed by atoms with Crippen LogP contribution in [0.3, 0.4) is 0 Å². The molecular weight excluding hydrogens is 314 g/mol. The molecule has 0 radical (unpaired) electrons. The molecule has 1 aromatic heterocycles. The van der Waals surface area contributed by atoms with Gasteiger partial charge in [-0.2, -0.15) is 0 Å². The number of amides is 1. The average Bonchev–Trinajstić information content (AvgIpc) is 2.83. The Balaban J connectivity index is 1.90. The minimum Gasteiger partial charge on any atom is -0.387 e. The number of carbonyl (C=O) groups excluding carboxylic acids is 1. The predicted molar refractivity (Wildman–Crippen MR) is 75.8 cm³/mol. The Morgan fingerprint density at radius 2 is 2.11 bits per heavy atom. The molecule has 1 heterocycles. The zero-order chi connectivity index (χ0) is 13.0. The van der Waals surface area contributed by atoms with Crippen LogP contribution >= 0.6 is 27.3 Å². The highest BCUT2D eigenvalue weighted by atomic mass is 79.9. The van der Waals surface area contributed by atoms with Crippen molar-refractivity contribution < 1.29 is 9.90 Å². The summed E-state index contributed by atoms with van der Waals surface area (Å²) in [4.78, 5) is 11.8. The molecule has 2 aromatic rings. The van der Waals surface area contributed by atoms with E-state index in [1.165, 1.54) is 11.3 Å². The first-order valence-corrected chi connectivity index (χ1v) is 7.09. The van der Waals surface area contributed by atoms with Crippen molar-refractivity contribution in [1.82, 2.24) is 5.32 Å². The fourth-order valence-electron chi connectivity index (χ4n) is 1.51. The number of halogens is 1. The standard InChI is InChI=1S/C13H12BrNO2S/c14-12-6-10(8-18-12)13(17)15-7-11(16)9-4-2-1-3-5-9/h1-6,8,11,16H,7H2,(H,15,17). The van der Waals surface area contributed by atoms with E-state index in [0.717, 1.165) is 9.35 Å². The van der Waals surface area contributed by atoms with E-state index in [0.29, 0.717) is 5.56 Å². The van der Waals surface area contributed by atoms with Crippen LogP contribution in [0.1, 0.15) is 22.0 Å². The van der Waals surface area contributed by atoms with Crippen molar-refractivity contribution in [2.45, 2.75) is 6.10 Å². The van der Waals surface area contributed by atoms with Gasteiger partial charge in [0.15, 0.2) is 0 Å². The Morgan fingerprint density at radius 1 is 1.39 bits per heavy atom. The molecule has 0 aliphatic rings. The Labute approximate surface area is 118 Å². The van der Waals surface area contributed by atoms with Crippen LogP contribution in [0.2, 0.25) is 0 Å². The van der Waals surface area contributed by atoms with Crippen LogP contribution in [-0.2, 0) is 0 Å². The molecule has 0 bridgehead atoms. The van der Waals surface area contributed by atoms with Crippen LogP contribution < -0.4 is 5.32 Å². The van der Waals surface area contributed by atoms with E-state index in [1.54, 1.807) is 11.4 Å². The lowest BCUT2D eigenvalue weighted by molar-refractivity contribution is 0.0917. The zero-order valence-electron chi connectivity index (χ0n) is 9.47. The van der Waals surface area contributed by atoms with Gasteiger partial charge >= 0.3 is 0 Å². The normalized spacial score (nSPS) is 12.1. The molecule has 0 aliphatic heterocycles. The van der Waals surface area contributed by atoms with Crippen molar-refractivity contribution in [2.75, 3.05) is 6.54 Å². The van der Waals surface area contributed by atoms with Crippen LogP contribution in [-0.4, -0.2) is 17.6 Å². The minimum absolute atomic E-state index is 0.174. The van der Waals surface area contributed by atoms with E-state index in [4.69, 9.17) is 0 Å². The average molecular weight is 326 g/mol. The van der Waals surface area contributed by atoms with Gasteiger partial charge in [0.1, 0.15) is 0 Å². The maximum absolute atomic E-state index is 11.8. The van der Waals surface area contributed by atoms with Crippen molar-refractivity contribution in [3.8, 4) is 0 Å². The van der Waals surface area contributed by atoms with E-state index in [9.17, 15) is 9.90 Å². The van der Waals surface area contributed by atoms with Gasteiger partial charge in [0.2, 0.25) is 0 Å². The molecule has 1 aromatic carbocycles. The van der Waals surface area contributed by atoms with Gasteiger partial charge in [-0.05, 0) is 27.6 Å². The van der Waals surface area contributed by atoms with Gasteiger partial charge in [0, 0.05) is 11.9 Å². The first-order chi connectivity index (χ1) is 8.66. The van der Waals surface area contributed by atoms with Crippen molar-refractivity contribution in [2.24, 2.45) is 0 Å². The molecule has 94 valence electrons. The van der Waals surface area contributed by atoms with Crippen molar-refractivity contribution >= 4 is 33.2 Å². The largest absolute Gasteiger partial charge is 0.387 e. The monoisotopic (exact) mass is 325 g/mol. The Hall–Kier alpha value is -1.17. The molecule has 1 unspecified atom stereocenters. The number of hydrogen-bond acceptors (Lipinski definition) is 3. The fraction of sp³-hybridized carbons (Fsp3) is 0.154. The molecule has 0 spiro atoms. The second-order valence-electron chi connectivity index (χ2n) is 3.78. The lowest BCUT2D eigenvalue weighted by atomic mass is 10.1. The van der Waals surface area contributed by atoms with Gasteiger partial charge in [0.25, 0.3) is 5.91 Å². The molecule has 1 amide bonds. The lowest BCUT2D eigenvalue weighted by Crippen LogP contribution is -2.27. The van der Waals surface area contributed by atoms with Crippen LogP contribution in [0.4, 0.5) is 0 Å². The predicted octanol–water partition coefficient (Wildman–Crippen LogP) is 2.97. The third-order valence-electron chi connectivity index (χ3n) is 2.47. The number of hydrogen-bond donors (Lipinski definition) is 2. The van der Waals surface area contributed by atoms with Crippen molar-refractivity contribution in [1.29, 1.82) is 0 Å². The van der Waals surface area contributed by atoms with Crippen LogP contribution in [0, 0.1) is 0 Å². The maximum Gasteiger partial charge on any atom is 0.252 e. The van der Waals surface area contributed by atoms with E-state index >= 15 is 0 Å². The number of thiophene rings is 1. The molecule has 3 nitrogen and oxygen atoms in total. The van der Waals surface area contributed by atoms with E-state index in [-0.39, 0.29) is 12.5 Å². The van der Waals surface area contributed by atoms with Gasteiger partial charge in [-0.25, -0.2) is 0 Å². The highest BCUT2D eigenvalue weighted by Gasteiger charge is 2.11. The number of nitrogens with one attached hydrogen (secondary N) is 1. The SMILES string of the molecule is O=C(NCC(O)c1ccccc1)c1csc(Br)c1. The molecule has 0 saturated carbocycles. The molecule has 0 fully saturated rings. The van der Waals surface area contributed by atoms with Crippen molar-refractivity contribution in [3.63, 3.8) is 0 Å². The quantitative estimate of drug-likeness (QED) is 0.907. The Kier molecular flexibility index (Phi) is 4.52. The van der Waals surface area contributed by atoms with Gasteiger partial charge in [-0.1, -0.05) is 30.3 Å². The summed E-state index contributed by atoms with van der Waals surface area (Å²) in [6.45, 7) is 0.205. The smallest absolute Gasteiger partial charge is 0.252 e. The van der Waals surface area contributed by atoms with E-state index in [1.807, 2.05) is 30.3 Å². The minimum atomic E-state index is -0.683. The topological polar surface area (TPSA) is 49.3 Å². The fourth-order valence-corrected chi connectivity index (χ4v) is 2.65. The van der Waals surface area contributed by atoms with Crippen LogP contribution in [0.15, 0.2) is 45.6 Å². The molecule has 1 atom stereocenters. The Morgan fingerprint density at radius 3 is 2.72 bits per heavy atom. The highest BCUT2D eigenvalue weighted by Crippen LogP contribution is 2.20.